The van der Waals surface area contributed by atoms with Gasteiger partial charge in [0.25, 0.3) is 10.0 Å². The zero-order valence-electron chi connectivity index (χ0n) is 12.2. The molecule has 1 aromatic rings. The van der Waals surface area contributed by atoms with Crippen molar-refractivity contribution in [1.82, 2.24) is 13.9 Å². The molecule has 0 unspecified atom stereocenters. The van der Waals surface area contributed by atoms with E-state index in [-0.39, 0.29) is 11.6 Å². The van der Waals surface area contributed by atoms with Crippen LogP contribution in [0.4, 0.5) is 0 Å². The van der Waals surface area contributed by atoms with Crippen LogP contribution in [0.2, 0.25) is 0 Å². The summed E-state index contributed by atoms with van der Waals surface area (Å²) < 4.78 is 27.6. The third kappa shape index (κ3) is 4.02. The summed E-state index contributed by atoms with van der Waals surface area (Å²) in [6, 6.07) is 0. The fourth-order valence-electron chi connectivity index (χ4n) is 1.86. The number of likely N-dealkylation sites (N-methyl/N-ethyl adjacent to an activating group) is 1. The molecule has 0 saturated heterocycles. The lowest BCUT2D eigenvalue weighted by atomic mass is 10.1. The summed E-state index contributed by atoms with van der Waals surface area (Å²) in [6.45, 7) is 7.71. The van der Waals surface area contributed by atoms with Crippen LogP contribution in [0.25, 0.3) is 0 Å². The fourth-order valence-corrected chi connectivity index (χ4v) is 3.17. The second kappa shape index (κ2) is 5.60. The van der Waals surface area contributed by atoms with Gasteiger partial charge < -0.3 is 9.67 Å². The van der Waals surface area contributed by atoms with E-state index < -0.39 is 15.6 Å². The zero-order valence-corrected chi connectivity index (χ0v) is 13.0. The molecule has 0 saturated carbocycles. The highest BCUT2D eigenvalue weighted by atomic mass is 32.2. The Morgan fingerprint density at radius 1 is 1.47 bits per heavy atom. The number of hydrogen-bond donors (Lipinski definition) is 1. The molecule has 0 aliphatic rings. The topological polar surface area (TPSA) is 75.4 Å². The molecule has 7 heteroatoms. The molecule has 0 fully saturated rings. The molecule has 0 atom stereocenters. The molecular weight excluding hydrogens is 266 g/mol. The van der Waals surface area contributed by atoms with Crippen molar-refractivity contribution in [2.24, 2.45) is 0 Å². The number of imidazole rings is 1. The van der Waals surface area contributed by atoms with Crippen LogP contribution >= 0.6 is 0 Å². The number of aliphatic hydroxyl groups is 1. The standard InChI is InChI=1S/C12H23N3O3S/c1-6-7-15-8-11(13-10(15)2)19(17,18)14(5)9-12(3,4)16/h8,16H,6-7,9H2,1-5H3. The van der Waals surface area contributed by atoms with Gasteiger partial charge in [-0.3, -0.25) is 0 Å². The maximum atomic E-state index is 12.3. The zero-order chi connectivity index (χ0) is 14.8. The molecule has 0 spiro atoms. The monoisotopic (exact) mass is 289 g/mol. The third-order valence-corrected chi connectivity index (χ3v) is 4.38. The van der Waals surface area contributed by atoms with Crippen molar-refractivity contribution < 1.29 is 13.5 Å². The van der Waals surface area contributed by atoms with Gasteiger partial charge in [0.1, 0.15) is 5.82 Å². The highest BCUT2D eigenvalue weighted by Crippen LogP contribution is 2.16. The Balaban J connectivity index is 3.03. The van der Waals surface area contributed by atoms with Crippen LogP contribution in [0.1, 0.15) is 33.0 Å². The number of hydrogen-bond acceptors (Lipinski definition) is 4. The molecule has 1 rings (SSSR count). The molecule has 0 bridgehead atoms. The average molecular weight is 289 g/mol. The van der Waals surface area contributed by atoms with Gasteiger partial charge in [-0.2, -0.15) is 4.31 Å². The first-order valence-corrected chi connectivity index (χ1v) is 7.74. The van der Waals surface area contributed by atoms with Gasteiger partial charge in [0, 0.05) is 26.3 Å². The normalized spacial score (nSPS) is 13.2. The highest BCUT2D eigenvalue weighted by molar-refractivity contribution is 7.89. The summed E-state index contributed by atoms with van der Waals surface area (Å²) in [5.41, 5.74) is -1.08. The SMILES string of the molecule is CCCn1cc(S(=O)(=O)N(C)CC(C)(C)O)nc1C. The fraction of sp³-hybridized carbons (Fsp3) is 0.750. The summed E-state index contributed by atoms with van der Waals surface area (Å²) in [6.07, 6.45) is 2.46. The van der Waals surface area contributed by atoms with Crippen LogP contribution in [0.3, 0.4) is 0 Å². The van der Waals surface area contributed by atoms with E-state index in [0.717, 1.165) is 17.3 Å². The van der Waals surface area contributed by atoms with Crippen molar-refractivity contribution in [3.63, 3.8) is 0 Å². The Hall–Kier alpha value is -0.920. The Labute approximate surface area is 115 Å². The maximum Gasteiger partial charge on any atom is 0.261 e. The molecular formula is C12H23N3O3S. The molecule has 0 radical (unpaired) electrons. The molecule has 0 aliphatic heterocycles. The molecule has 1 aromatic heterocycles. The van der Waals surface area contributed by atoms with Gasteiger partial charge in [-0.05, 0) is 27.2 Å². The average Bonchev–Trinajstić information content (AvgIpc) is 2.59. The molecule has 1 N–H and O–H groups in total. The molecule has 0 amide bonds. The number of sulfonamides is 1. The summed E-state index contributed by atoms with van der Waals surface area (Å²) in [5, 5.41) is 9.74. The van der Waals surface area contributed by atoms with Gasteiger partial charge in [-0.1, -0.05) is 6.92 Å². The Morgan fingerprint density at radius 2 is 2.05 bits per heavy atom. The van der Waals surface area contributed by atoms with Gasteiger partial charge in [-0.15, -0.1) is 0 Å². The van der Waals surface area contributed by atoms with E-state index in [4.69, 9.17) is 0 Å². The van der Waals surface area contributed by atoms with E-state index in [1.807, 2.05) is 11.5 Å². The summed E-state index contributed by atoms with van der Waals surface area (Å²) >= 11 is 0. The van der Waals surface area contributed by atoms with Crippen LogP contribution in [-0.2, 0) is 16.6 Å². The van der Waals surface area contributed by atoms with E-state index in [1.54, 1.807) is 27.0 Å². The summed E-state index contributed by atoms with van der Waals surface area (Å²) in [4.78, 5) is 4.10. The lowest BCUT2D eigenvalue weighted by molar-refractivity contribution is 0.0639. The predicted octanol–water partition coefficient (Wildman–Crippen LogP) is 0.993. The van der Waals surface area contributed by atoms with Crippen LogP contribution in [-0.4, -0.2) is 46.6 Å². The van der Waals surface area contributed by atoms with Crippen molar-refractivity contribution in [2.45, 2.75) is 51.3 Å². The van der Waals surface area contributed by atoms with E-state index >= 15 is 0 Å². The Morgan fingerprint density at radius 3 is 2.53 bits per heavy atom. The number of rotatable bonds is 6. The summed E-state index contributed by atoms with van der Waals surface area (Å²) in [7, 11) is -2.20. The predicted molar refractivity (Wildman–Crippen MR) is 73.4 cm³/mol. The minimum Gasteiger partial charge on any atom is -0.389 e. The van der Waals surface area contributed by atoms with Crippen molar-refractivity contribution in [3.8, 4) is 0 Å². The van der Waals surface area contributed by atoms with Crippen LogP contribution in [0, 0.1) is 6.92 Å². The van der Waals surface area contributed by atoms with Crippen molar-refractivity contribution in [2.75, 3.05) is 13.6 Å². The largest absolute Gasteiger partial charge is 0.389 e. The molecule has 1 heterocycles. The van der Waals surface area contributed by atoms with E-state index in [9.17, 15) is 13.5 Å². The van der Waals surface area contributed by atoms with Gasteiger partial charge in [0.2, 0.25) is 0 Å². The minimum absolute atomic E-state index is 0.0228. The molecule has 110 valence electrons. The van der Waals surface area contributed by atoms with Gasteiger partial charge in [0.15, 0.2) is 5.03 Å². The Bertz CT molecular complexity index is 529. The quantitative estimate of drug-likeness (QED) is 0.847. The number of aromatic nitrogens is 2. The summed E-state index contributed by atoms with van der Waals surface area (Å²) in [5.74, 6) is 0.678. The van der Waals surface area contributed by atoms with Crippen molar-refractivity contribution >= 4 is 10.0 Å². The van der Waals surface area contributed by atoms with Crippen LogP contribution in [0.15, 0.2) is 11.2 Å². The van der Waals surface area contributed by atoms with E-state index in [1.165, 1.54) is 7.05 Å². The van der Waals surface area contributed by atoms with Gasteiger partial charge in [-0.25, -0.2) is 13.4 Å². The second-order valence-electron chi connectivity index (χ2n) is 5.39. The van der Waals surface area contributed by atoms with E-state index in [2.05, 4.69) is 4.98 Å². The molecule has 19 heavy (non-hydrogen) atoms. The van der Waals surface area contributed by atoms with E-state index in [0.29, 0.717) is 5.82 Å². The first kappa shape index (κ1) is 16.1. The first-order valence-electron chi connectivity index (χ1n) is 6.30. The third-order valence-electron chi connectivity index (χ3n) is 2.70. The van der Waals surface area contributed by atoms with Crippen LogP contribution < -0.4 is 0 Å². The first-order chi connectivity index (χ1) is 8.58. The lowest BCUT2D eigenvalue weighted by Gasteiger charge is -2.24. The van der Waals surface area contributed by atoms with Crippen LogP contribution in [0.5, 0.6) is 0 Å². The van der Waals surface area contributed by atoms with Gasteiger partial charge in [0.05, 0.1) is 5.60 Å². The van der Waals surface area contributed by atoms with Crippen molar-refractivity contribution in [3.05, 3.63) is 12.0 Å². The molecule has 0 aromatic carbocycles. The molecule has 6 nitrogen and oxygen atoms in total. The van der Waals surface area contributed by atoms with Crippen molar-refractivity contribution in [1.29, 1.82) is 0 Å². The number of nitrogens with zero attached hydrogens (tertiary/aromatic N) is 3. The number of aryl methyl sites for hydroxylation is 2. The molecule has 0 aliphatic carbocycles. The lowest BCUT2D eigenvalue weighted by Crippen LogP contribution is -2.39. The second-order valence-corrected chi connectivity index (χ2v) is 7.39. The van der Waals surface area contributed by atoms with Gasteiger partial charge >= 0.3 is 0 Å². The minimum atomic E-state index is -3.65. The maximum absolute atomic E-state index is 12.3. The highest BCUT2D eigenvalue weighted by Gasteiger charge is 2.28. The smallest absolute Gasteiger partial charge is 0.261 e. The Kier molecular flexibility index (Phi) is 4.76.